The van der Waals surface area contributed by atoms with Gasteiger partial charge in [-0.2, -0.15) is 0 Å². The lowest BCUT2D eigenvalue weighted by Gasteiger charge is -2.09. The Kier molecular flexibility index (Phi) is 5.56. The predicted octanol–water partition coefficient (Wildman–Crippen LogP) is 4.59. The van der Waals surface area contributed by atoms with Gasteiger partial charge in [0.2, 0.25) is 0 Å². The maximum Gasteiger partial charge on any atom is 0.165 e. The van der Waals surface area contributed by atoms with Crippen LogP contribution in [0.1, 0.15) is 18.9 Å². The van der Waals surface area contributed by atoms with E-state index in [1.54, 1.807) is 24.3 Å². The quantitative estimate of drug-likeness (QED) is 0.688. The smallest absolute Gasteiger partial charge is 0.165 e. The van der Waals surface area contributed by atoms with Gasteiger partial charge in [-0.1, -0.05) is 24.3 Å². The summed E-state index contributed by atoms with van der Waals surface area (Å²) in [5.41, 5.74) is 1.05. The summed E-state index contributed by atoms with van der Waals surface area (Å²) in [6.45, 7) is 3.43. The Morgan fingerprint density at radius 1 is 1.05 bits per heavy atom. The Labute approximate surface area is 119 Å². The average Bonchev–Trinajstić information content (AvgIpc) is 2.48. The lowest BCUT2D eigenvalue weighted by atomic mass is 10.1. The van der Waals surface area contributed by atoms with Crippen LogP contribution >= 0.6 is 0 Å². The van der Waals surface area contributed by atoms with Crippen LogP contribution in [-0.2, 0) is 11.2 Å². The second kappa shape index (κ2) is 7.65. The summed E-state index contributed by atoms with van der Waals surface area (Å²) >= 11 is 0. The van der Waals surface area contributed by atoms with Crippen molar-refractivity contribution in [2.75, 3.05) is 13.2 Å². The third-order valence-electron chi connectivity index (χ3n) is 2.92. The molecule has 0 aliphatic rings. The maximum atomic E-state index is 13.7. The van der Waals surface area contributed by atoms with Crippen LogP contribution in [-0.4, -0.2) is 13.2 Å². The number of para-hydroxylation sites is 1. The van der Waals surface area contributed by atoms with Crippen LogP contribution in [0.15, 0.2) is 48.5 Å². The Morgan fingerprint density at radius 2 is 1.85 bits per heavy atom. The van der Waals surface area contributed by atoms with E-state index in [1.165, 1.54) is 6.07 Å². The van der Waals surface area contributed by atoms with Gasteiger partial charge in [-0.3, -0.25) is 0 Å². The molecule has 0 aliphatic carbocycles. The monoisotopic (exact) mass is 274 g/mol. The molecule has 0 amide bonds. The number of ether oxygens (including phenoxy) is 2. The van der Waals surface area contributed by atoms with Crippen molar-refractivity contribution in [3.05, 3.63) is 59.9 Å². The molecule has 0 saturated heterocycles. The van der Waals surface area contributed by atoms with Crippen molar-refractivity contribution >= 4 is 0 Å². The molecule has 0 radical (unpaired) electrons. The van der Waals surface area contributed by atoms with Crippen molar-refractivity contribution in [3.63, 3.8) is 0 Å². The molecule has 0 atom stereocenters. The molecule has 20 heavy (non-hydrogen) atoms. The highest BCUT2D eigenvalue weighted by molar-refractivity contribution is 5.35. The Morgan fingerprint density at radius 3 is 2.60 bits per heavy atom. The Bertz CT molecular complexity index is 526. The molecule has 2 rings (SSSR count). The molecule has 3 heteroatoms. The van der Waals surface area contributed by atoms with E-state index in [1.807, 2.05) is 25.1 Å². The minimum absolute atomic E-state index is 0.269. The summed E-state index contributed by atoms with van der Waals surface area (Å²) in [6.07, 6.45) is 1.77. The normalized spacial score (nSPS) is 10.5. The van der Waals surface area contributed by atoms with Crippen molar-refractivity contribution in [3.8, 4) is 11.5 Å². The number of aryl methyl sites for hydroxylation is 1. The van der Waals surface area contributed by atoms with Crippen LogP contribution in [0.3, 0.4) is 0 Å². The van der Waals surface area contributed by atoms with Crippen LogP contribution in [0.4, 0.5) is 4.39 Å². The van der Waals surface area contributed by atoms with Crippen LogP contribution in [0.5, 0.6) is 11.5 Å². The number of hydrogen-bond acceptors (Lipinski definition) is 2. The fourth-order valence-electron chi connectivity index (χ4n) is 1.92. The SMILES string of the molecule is CCOCCCc1ccc(F)c(Oc2ccccc2)c1. The van der Waals surface area contributed by atoms with Crippen molar-refractivity contribution in [1.82, 2.24) is 0 Å². The zero-order chi connectivity index (χ0) is 14.2. The van der Waals surface area contributed by atoms with E-state index in [4.69, 9.17) is 9.47 Å². The highest BCUT2D eigenvalue weighted by atomic mass is 19.1. The molecule has 0 N–H and O–H groups in total. The molecular weight excluding hydrogens is 255 g/mol. The molecule has 0 saturated carbocycles. The zero-order valence-corrected chi connectivity index (χ0v) is 11.6. The summed E-state index contributed by atoms with van der Waals surface area (Å²) < 4.78 is 24.6. The molecule has 0 fully saturated rings. The van der Waals surface area contributed by atoms with Gasteiger partial charge in [0.15, 0.2) is 11.6 Å². The van der Waals surface area contributed by atoms with E-state index in [2.05, 4.69) is 0 Å². The summed E-state index contributed by atoms with van der Waals surface area (Å²) in [5.74, 6) is 0.561. The summed E-state index contributed by atoms with van der Waals surface area (Å²) in [5, 5.41) is 0. The molecule has 0 aliphatic heterocycles. The first kappa shape index (κ1) is 14.5. The van der Waals surface area contributed by atoms with E-state index in [0.717, 1.165) is 31.6 Å². The largest absolute Gasteiger partial charge is 0.454 e. The minimum Gasteiger partial charge on any atom is -0.454 e. The standard InChI is InChI=1S/C17H19FO2/c1-2-19-12-6-7-14-10-11-16(18)17(13-14)20-15-8-4-3-5-9-15/h3-5,8-11,13H,2,6-7,12H2,1H3. The first-order valence-electron chi connectivity index (χ1n) is 6.88. The van der Waals surface area contributed by atoms with Crippen LogP contribution < -0.4 is 4.74 Å². The fourth-order valence-corrected chi connectivity index (χ4v) is 1.92. The topological polar surface area (TPSA) is 18.5 Å². The number of hydrogen-bond donors (Lipinski definition) is 0. The molecule has 0 spiro atoms. The number of rotatable bonds is 7. The van der Waals surface area contributed by atoms with Crippen molar-refractivity contribution < 1.29 is 13.9 Å². The Hall–Kier alpha value is -1.87. The van der Waals surface area contributed by atoms with Gasteiger partial charge in [0.25, 0.3) is 0 Å². The molecule has 0 unspecified atom stereocenters. The third-order valence-corrected chi connectivity index (χ3v) is 2.92. The summed E-state index contributed by atoms with van der Waals surface area (Å²) in [4.78, 5) is 0. The van der Waals surface area contributed by atoms with Crippen molar-refractivity contribution in [2.45, 2.75) is 19.8 Å². The molecule has 0 heterocycles. The number of benzene rings is 2. The highest BCUT2D eigenvalue weighted by Crippen LogP contribution is 2.25. The molecule has 2 aromatic carbocycles. The number of halogens is 1. The summed E-state index contributed by atoms with van der Waals surface area (Å²) in [6, 6.07) is 14.2. The fraction of sp³-hybridized carbons (Fsp3) is 0.294. The van der Waals surface area contributed by atoms with Gasteiger partial charge in [-0.05, 0) is 49.6 Å². The van der Waals surface area contributed by atoms with Crippen molar-refractivity contribution in [2.24, 2.45) is 0 Å². The van der Waals surface area contributed by atoms with Crippen LogP contribution in [0.25, 0.3) is 0 Å². The van der Waals surface area contributed by atoms with Gasteiger partial charge in [0, 0.05) is 13.2 Å². The van der Waals surface area contributed by atoms with Gasteiger partial charge < -0.3 is 9.47 Å². The second-order valence-electron chi connectivity index (χ2n) is 4.48. The maximum absolute atomic E-state index is 13.7. The minimum atomic E-state index is -0.345. The van der Waals surface area contributed by atoms with E-state index >= 15 is 0 Å². The Balaban J connectivity index is 2.01. The summed E-state index contributed by atoms with van der Waals surface area (Å²) in [7, 11) is 0. The van der Waals surface area contributed by atoms with E-state index < -0.39 is 0 Å². The molecule has 0 bridgehead atoms. The molecule has 2 nitrogen and oxygen atoms in total. The van der Waals surface area contributed by atoms with Gasteiger partial charge in [0.05, 0.1) is 0 Å². The third kappa shape index (κ3) is 4.35. The second-order valence-corrected chi connectivity index (χ2v) is 4.48. The lowest BCUT2D eigenvalue weighted by Crippen LogP contribution is -1.97. The van der Waals surface area contributed by atoms with Crippen LogP contribution in [0.2, 0.25) is 0 Å². The van der Waals surface area contributed by atoms with Gasteiger partial charge in [-0.25, -0.2) is 4.39 Å². The van der Waals surface area contributed by atoms with E-state index in [9.17, 15) is 4.39 Å². The first-order valence-corrected chi connectivity index (χ1v) is 6.88. The van der Waals surface area contributed by atoms with Gasteiger partial charge in [-0.15, -0.1) is 0 Å². The van der Waals surface area contributed by atoms with Crippen LogP contribution in [0, 0.1) is 5.82 Å². The lowest BCUT2D eigenvalue weighted by molar-refractivity contribution is 0.145. The molecule has 106 valence electrons. The van der Waals surface area contributed by atoms with E-state index in [0.29, 0.717) is 5.75 Å². The van der Waals surface area contributed by atoms with Gasteiger partial charge >= 0.3 is 0 Å². The molecular formula is C17H19FO2. The predicted molar refractivity (Wildman–Crippen MR) is 77.7 cm³/mol. The van der Waals surface area contributed by atoms with Crippen molar-refractivity contribution in [1.29, 1.82) is 0 Å². The molecule has 0 aromatic heterocycles. The van der Waals surface area contributed by atoms with Gasteiger partial charge in [0.1, 0.15) is 5.75 Å². The first-order chi connectivity index (χ1) is 9.79. The average molecular weight is 274 g/mol. The van der Waals surface area contributed by atoms with E-state index in [-0.39, 0.29) is 11.6 Å². The highest BCUT2D eigenvalue weighted by Gasteiger charge is 2.06. The molecule has 2 aromatic rings. The zero-order valence-electron chi connectivity index (χ0n) is 11.6.